The molecule has 0 amide bonds. The van der Waals surface area contributed by atoms with Gasteiger partial charge >= 0.3 is 0 Å². The predicted molar refractivity (Wildman–Crippen MR) is 212 cm³/mol. The minimum atomic E-state index is -4.06. The van der Waals surface area contributed by atoms with Crippen molar-refractivity contribution in [3.05, 3.63) is 162 Å². The number of hydrogen-bond acceptors (Lipinski definition) is 4. The number of nitrogens with zero attached hydrogens (tertiary/aromatic N) is 1. The number of hydrogen-bond donors (Lipinski definition) is 1. The standard InChI is InChI=1S/C42H45N2O3PS2/c1-41(2,3)32-28-26-31(27-29-32)40(43-49(45)42(4,5)6)39-36-24-16-17-25-37(36)44(50(46,47)35-22-14-9-15-23-35)38(39)30-48(33-18-10-7-11-19-33)34-20-12-8-13-21-34/h7-29,40,43H,30H2,1-6H3. The van der Waals surface area contributed by atoms with Gasteiger partial charge in [0.15, 0.2) is 0 Å². The third-order valence-corrected chi connectivity index (χ3v) is 14.7. The monoisotopic (exact) mass is 720 g/mol. The third kappa shape index (κ3) is 7.49. The molecule has 258 valence electrons. The van der Waals surface area contributed by atoms with Crippen LogP contribution in [0, 0.1) is 0 Å². The molecule has 0 aliphatic heterocycles. The SMILES string of the molecule is CC(C)(C)c1ccc(C(N[S+]([O-])C(C)(C)C)c2c(CP(c3ccccc3)c3ccccc3)n(S(=O)(=O)c3ccccc3)c3ccccc23)cc1. The second-order valence-corrected chi connectivity index (χ2v) is 20.5. The molecular weight excluding hydrogens is 676 g/mol. The first-order chi connectivity index (χ1) is 23.8. The van der Waals surface area contributed by atoms with Gasteiger partial charge in [-0.2, -0.15) is 0 Å². The van der Waals surface area contributed by atoms with E-state index in [1.54, 1.807) is 28.2 Å². The smallest absolute Gasteiger partial charge is 0.268 e. The van der Waals surface area contributed by atoms with Crippen molar-refractivity contribution in [2.75, 3.05) is 0 Å². The summed E-state index contributed by atoms with van der Waals surface area (Å²) in [5.74, 6) is 0. The van der Waals surface area contributed by atoms with E-state index in [1.165, 1.54) is 5.56 Å². The van der Waals surface area contributed by atoms with Gasteiger partial charge in [0.25, 0.3) is 10.0 Å². The van der Waals surface area contributed by atoms with E-state index in [0.717, 1.165) is 27.1 Å². The van der Waals surface area contributed by atoms with Crippen molar-refractivity contribution >= 4 is 50.8 Å². The Balaban J connectivity index is 1.69. The first-order valence-corrected chi connectivity index (χ1v) is 21.0. The Morgan fingerprint density at radius 2 is 1.20 bits per heavy atom. The number of aromatic nitrogens is 1. The van der Waals surface area contributed by atoms with Crippen molar-refractivity contribution in [2.24, 2.45) is 0 Å². The van der Waals surface area contributed by atoms with Gasteiger partial charge in [-0.15, -0.1) is 4.72 Å². The van der Waals surface area contributed by atoms with Gasteiger partial charge in [-0.1, -0.05) is 142 Å². The fraction of sp³-hybridized carbons (Fsp3) is 0.238. The quantitative estimate of drug-likeness (QED) is 0.113. The molecule has 0 spiro atoms. The van der Waals surface area contributed by atoms with Gasteiger partial charge in [0.2, 0.25) is 0 Å². The van der Waals surface area contributed by atoms with Gasteiger partial charge in [-0.05, 0) is 74.0 Å². The zero-order valence-electron chi connectivity index (χ0n) is 29.5. The lowest BCUT2D eigenvalue weighted by Gasteiger charge is -2.30. The summed E-state index contributed by atoms with van der Waals surface area (Å²) in [4.78, 5) is 0.217. The molecule has 0 saturated carbocycles. The second kappa shape index (κ2) is 14.5. The molecule has 0 aliphatic rings. The Bertz CT molecular complexity index is 2120. The molecule has 1 aromatic heterocycles. The normalized spacial score (nSPS) is 13.8. The molecule has 0 radical (unpaired) electrons. The molecule has 0 fully saturated rings. The number of benzene rings is 5. The summed E-state index contributed by atoms with van der Waals surface area (Å²) >= 11 is -1.48. The molecule has 2 unspecified atom stereocenters. The number of fused-ring (bicyclic) bond motifs is 1. The average Bonchev–Trinajstić information content (AvgIpc) is 3.44. The van der Waals surface area contributed by atoms with Crippen molar-refractivity contribution < 1.29 is 13.0 Å². The zero-order chi connectivity index (χ0) is 35.7. The van der Waals surface area contributed by atoms with E-state index in [9.17, 15) is 13.0 Å². The second-order valence-electron chi connectivity index (χ2n) is 14.5. The van der Waals surface area contributed by atoms with E-state index in [0.29, 0.717) is 17.4 Å². The first-order valence-electron chi connectivity index (χ1n) is 16.9. The van der Waals surface area contributed by atoms with Crippen molar-refractivity contribution in [1.29, 1.82) is 0 Å². The van der Waals surface area contributed by atoms with Crippen LogP contribution in [-0.2, 0) is 33.0 Å². The van der Waals surface area contributed by atoms with Crippen LogP contribution in [0.2, 0.25) is 0 Å². The van der Waals surface area contributed by atoms with Crippen LogP contribution in [0.15, 0.2) is 144 Å². The first kappa shape index (κ1) is 36.1. The molecule has 0 bridgehead atoms. The Morgan fingerprint density at radius 1 is 0.700 bits per heavy atom. The Morgan fingerprint density at radius 3 is 1.72 bits per heavy atom. The number of rotatable bonds is 10. The summed E-state index contributed by atoms with van der Waals surface area (Å²) in [6.45, 7) is 12.4. The van der Waals surface area contributed by atoms with Gasteiger partial charge < -0.3 is 4.55 Å². The third-order valence-electron chi connectivity index (χ3n) is 8.87. The molecule has 0 aliphatic carbocycles. The van der Waals surface area contributed by atoms with Crippen LogP contribution in [0.4, 0.5) is 0 Å². The van der Waals surface area contributed by atoms with E-state index in [2.05, 4.69) is 74.0 Å². The molecule has 1 heterocycles. The zero-order valence-corrected chi connectivity index (χ0v) is 32.0. The summed E-state index contributed by atoms with van der Waals surface area (Å²) in [6.07, 6.45) is 0.444. The number of para-hydroxylation sites is 1. The van der Waals surface area contributed by atoms with Crippen LogP contribution in [0.25, 0.3) is 10.9 Å². The highest BCUT2D eigenvalue weighted by molar-refractivity contribution is 7.91. The summed E-state index contributed by atoms with van der Waals surface area (Å²) in [5.41, 5.74) is 4.14. The van der Waals surface area contributed by atoms with Crippen molar-refractivity contribution in [2.45, 2.75) is 68.8 Å². The van der Waals surface area contributed by atoms with E-state index >= 15 is 0 Å². The molecule has 5 aromatic carbocycles. The van der Waals surface area contributed by atoms with Gasteiger partial charge in [0.05, 0.1) is 10.4 Å². The molecule has 2 atom stereocenters. The molecular formula is C42H45N2O3PS2. The molecule has 50 heavy (non-hydrogen) atoms. The van der Waals surface area contributed by atoms with Crippen LogP contribution < -0.4 is 15.3 Å². The fourth-order valence-electron chi connectivity index (χ4n) is 6.18. The lowest BCUT2D eigenvalue weighted by Crippen LogP contribution is -2.41. The highest BCUT2D eigenvalue weighted by atomic mass is 32.2. The summed E-state index contributed by atoms with van der Waals surface area (Å²) in [6, 6.07) is 44.9. The Hall–Kier alpha value is -3.71. The van der Waals surface area contributed by atoms with Crippen LogP contribution >= 0.6 is 7.92 Å². The molecule has 1 N–H and O–H groups in total. The van der Waals surface area contributed by atoms with Gasteiger partial charge in [-0.25, -0.2) is 12.4 Å². The van der Waals surface area contributed by atoms with Crippen molar-refractivity contribution in [3.63, 3.8) is 0 Å². The topological polar surface area (TPSA) is 74.2 Å². The lowest BCUT2D eigenvalue weighted by molar-refractivity contribution is 0.535. The maximum Gasteiger partial charge on any atom is 0.268 e. The molecule has 0 saturated heterocycles. The Labute approximate surface area is 301 Å². The van der Waals surface area contributed by atoms with Gasteiger partial charge in [-0.3, -0.25) is 0 Å². The van der Waals surface area contributed by atoms with E-state index in [4.69, 9.17) is 0 Å². The van der Waals surface area contributed by atoms with Crippen LogP contribution in [-0.4, -0.2) is 21.7 Å². The fourth-order valence-corrected chi connectivity index (χ4v) is 11.0. The van der Waals surface area contributed by atoms with Crippen LogP contribution in [0.5, 0.6) is 0 Å². The highest BCUT2D eigenvalue weighted by Gasteiger charge is 2.37. The molecule has 6 rings (SSSR count). The number of nitrogens with one attached hydrogen (secondary N) is 1. The van der Waals surface area contributed by atoms with E-state index < -0.39 is 40.1 Å². The van der Waals surface area contributed by atoms with E-state index in [-0.39, 0.29) is 10.3 Å². The highest BCUT2D eigenvalue weighted by Crippen LogP contribution is 2.45. The largest absolute Gasteiger partial charge is 0.598 e. The summed E-state index contributed by atoms with van der Waals surface area (Å²) < 4.78 is 48.4. The van der Waals surface area contributed by atoms with Crippen molar-refractivity contribution in [1.82, 2.24) is 8.69 Å². The van der Waals surface area contributed by atoms with Gasteiger partial charge in [0.1, 0.15) is 10.8 Å². The minimum absolute atomic E-state index is 0.0537. The minimum Gasteiger partial charge on any atom is -0.598 e. The van der Waals surface area contributed by atoms with Gasteiger partial charge in [0, 0.05) is 34.2 Å². The van der Waals surface area contributed by atoms with Crippen molar-refractivity contribution in [3.8, 4) is 0 Å². The summed E-state index contributed by atoms with van der Waals surface area (Å²) in [7, 11) is -5.12. The summed E-state index contributed by atoms with van der Waals surface area (Å²) in [5, 5.41) is 3.10. The molecule has 5 nitrogen and oxygen atoms in total. The maximum atomic E-state index is 14.9. The lowest BCUT2D eigenvalue weighted by atomic mass is 9.85. The molecule has 8 heteroatoms. The average molecular weight is 721 g/mol. The Kier molecular flexibility index (Phi) is 10.5. The maximum absolute atomic E-state index is 14.9. The van der Waals surface area contributed by atoms with E-state index in [1.807, 2.05) is 87.5 Å². The molecule has 6 aromatic rings. The van der Waals surface area contributed by atoms with Crippen LogP contribution in [0.3, 0.4) is 0 Å². The van der Waals surface area contributed by atoms with Crippen LogP contribution in [0.1, 0.15) is 70.0 Å². The predicted octanol–water partition coefficient (Wildman–Crippen LogP) is 8.95.